The number of thioether (sulfide) groups is 1. The van der Waals surface area contributed by atoms with Crippen LogP contribution in [0.5, 0.6) is 5.75 Å². The molecule has 3 aromatic rings. The van der Waals surface area contributed by atoms with Gasteiger partial charge < -0.3 is 19.6 Å². The van der Waals surface area contributed by atoms with E-state index in [2.05, 4.69) is 9.97 Å². The zero-order chi connectivity index (χ0) is 21.9. The number of nitrogens with zero attached hydrogens (tertiary/aromatic N) is 2. The molecule has 0 saturated carbocycles. The number of fused-ring (bicyclic) bond motifs is 1. The minimum atomic E-state index is -4.45. The van der Waals surface area contributed by atoms with Crippen molar-refractivity contribution in [1.29, 1.82) is 0 Å². The number of aromatic nitrogens is 3. The Hall–Kier alpha value is -2.95. The van der Waals surface area contributed by atoms with E-state index in [1.807, 2.05) is 0 Å². The van der Waals surface area contributed by atoms with Gasteiger partial charge in [0, 0.05) is 17.9 Å². The quantitative estimate of drug-likeness (QED) is 0.427. The zero-order valence-electron chi connectivity index (χ0n) is 15.7. The van der Waals surface area contributed by atoms with Crippen molar-refractivity contribution in [3.05, 3.63) is 46.9 Å². The van der Waals surface area contributed by atoms with E-state index < -0.39 is 24.7 Å². The number of hydrogen-bond acceptors (Lipinski definition) is 6. The predicted molar refractivity (Wildman–Crippen MR) is 103 cm³/mol. The molecule has 0 saturated heterocycles. The number of hydrogen-bond donors (Lipinski definition) is 1. The molecule has 1 atom stereocenters. The Kier molecular flexibility index (Phi) is 6.40. The first-order valence-corrected chi connectivity index (χ1v) is 9.88. The molecule has 1 unspecified atom stereocenters. The molecule has 0 aliphatic carbocycles. The van der Waals surface area contributed by atoms with Crippen molar-refractivity contribution in [3.8, 4) is 11.4 Å². The maximum atomic E-state index is 13.0. The summed E-state index contributed by atoms with van der Waals surface area (Å²) in [7, 11) is 0. The van der Waals surface area contributed by atoms with Crippen molar-refractivity contribution < 1.29 is 27.8 Å². The molecule has 0 spiro atoms. The third kappa shape index (κ3) is 5.15. The molecule has 3 rings (SSSR count). The second-order valence-corrected chi connectivity index (χ2v) is 7.59. The highest BCUT2D eigenvalue weighted by atomic mass is 32.2. The molecule has 11 heteroatoms. The lowest BCUT2D eigenvalue weighted by Gasteiger charge is -2.15. The van der Waals surface area contributed by atoms with E-state index in [1.54, 1.807) is 12.3 Å². The second kappa shape index (κ2) is 8.82. The fourth-order valence-corrected chi connectivity index (χ4v) is 3.74. The monoisotopic (exact) mass is 440 g/mol. The van der Waals surface area contributed by atoms with Crippen LogP contribution in [0.25, 0.3) is 16.7 Å². The molecule has 0 bridgehead atoms. The van der Waals surface area contributed by atoms with E-state index in [9.17, 15) is 27.9 Å². The molecule has 2 aromatic heterocycles. The molecule has 7 nitrogen and oxygen atoms in total. The van der Waals surface area contributed by atoms with Crippen LogP contribution in [0.15, 0.2) is 46.5 Å². The van der Waals surface area contributed by atoms with Gasteiger partial charge in [0.25, 0.3) is 5.56 Å². The van der Waals surface area contributed by atoms with Gasteiger partial charge in [-0.3, -0.25) is 9.36 Å². The minimum absolute atomic E-state index is 0.00928. The number of halogens is 3. The number of rotatable bonds is 8. The molecule has 1 aromatic carbocycles. The standard InChI is InChI=1S/C19H18F3N3O4S/c1-11(17(27)28)7-9-30-18-24-14-6-8-23-15(14)16(26)25(18)12-2-4-13(5-3-12)29-10-19(20,21)22/h2-6,8,11,23H,7,9-10H2,1H3,(H,27,28)/p-1. The number of aromatic amines is 1. The number of aliphatic carboxylic acids is 1. The molecule has 2 heterocycles. The lowest BCUT2D eigenvalue weighted by Crippen LogP contribution is -2.29. The summed E-state index contributed by atoms with van der Waals surface area (Å²) >= 11 is 1.20. The number of carboxylic acids is 1. The number of ether oxygens (including phenoxy) is 1. The smallest absolute Gasteiger partial charge is 0.422 e. The second-order valence-electron chi connectivity index (χ2n) is 6.53. The van der Waals surface area contributed by atoms with Gasteiger partial charge in [-0.25, -0.2) is 4.98 Å². The van der Waals surface area contributed by atoms with Crippen molar-refractivity contribution in [2.24, 2.45) is 5.92 Å². The van der Waals surface area contributed by atoms with E-state index in [4.69, 9.17) is 4.74 Å². The van der Waals surface area contributed by atoms with E-state index in [1.165, 1.54) is 47.5 Å². The summed E-state index contributed by atoms with van der Waals surface area (Å²) < 4.78 is 42.9. The van der Waals surface area contributed by atoms with Crippen LogP contribution in [0.3, 0.4) is 0 Å². The number of carbonyl (C=O) groups is 1. The Labute approximate surface area is 172 Å². The highest BCUT2D eigenvalue weighted by Gasteiger charge is 2.28. The van der Waals surface area contributed by atoms with Gasteiger partial charge in [0.15, 0.2) is 11.8 Å². The molecule has 30 heavy (non-hydrogen) atoms. The van der Waals surface area contributed by atoms with Gasteiger partial charge in [-0.15, -0.1) is 0 Å². The van der Waals surface area contributed by atoms with Crippen molar-refractivity contribution in [2.45, 2.75) is 24.7 Å². The number of nitrogens with one attached hydrogen (secondary N) is 1. The third-order valence-electron chi connectivity index (χ3n) is 4.23. The number of benzene rings is 1. The van der Waals surface area contributed by atoms with Crippen molar-refractivity contribution >= 4 is 28.8 Å². The van der Waals surface area contributed by atoms with E-state index >= 15 is 0 Å². The van der Waals surface area contributed by atoms with Crippen LogP contribution < -0.4 is 15.4 Å². The lowest BCUT2D eigenvalue weighted by atomic mass is 10.1. The van der Waals surface area contributed by atoms with Gasteiger partial charge in [-0.05, 0) is 42.7 Å². The Bertz CT molecular complexity index is 1090. The predicted octanol–water partition coefficient (Wildman–Crippen LogP) is 2.52. The molecule has 0 aliphatic heterocycles. The molecular weight excluding hydrogens is 423 g/mol. The first-order chi connectivity index (χ1) is 14.2. The molecule has 0 aliphatic rings. The summed E-state index contributed by atoms with van der Waals surface area (Å²) in [6, 6.07) is 7.22. The topological polar surface area (TPSA) is 100 Å². The average molecular weight is 440 g/mol. The average Bonchev–Trinajstić information content (AvgIpc) is 3.15. The Morgan fingerprint density at radius 3 is 2.63 bits per heavy atom. The third-order valence-corrected chi connectivity index (χ3v) is 5.20. The van der Waals surface area contributed by atoms with Crippen LogP contribution >= 0.6 is 11.8 Å². The molecule has 160 valence electrons. The summed E-state index contributed by atoms with van der Waals surface area (Å²) in [5.41, 5.74) is 0.736. The Balaban J connectivity index is 1.90. The van der Waals surface area contributed by atoms with Gasteiger partial charge in [-0.2, -0.15) is 13.2 Å². The van der Waals surface area contributed by atoms with Crippen LogP contribution in [0.2, 0.25) is 0 Å². The first kappa shape index (κ1) is 21.8. The number of H-pyrrole nitrogens is 1. The van der Waals surface area contributed by atoms with Crippen LogP contribution in [-0.2, 0) is 4.79 Å². The van der Waals surface area contributed by atoms with E-state index in [-0.39, 0.29) is 16.8 Å². The largest absolute Gasteiger partial charge is 0.550 e. The normalized spacial score (nSPS) is 12.8. The fourth-order valence-electron chi connectivity index (χ4n) is 2.60. The molecule has 0 radical (unpaired) electrons. The minimum Gasteiger partial charge on any atom is -0.550 e. The van der Waals surface area contributed by atoms with Crippen molar-refractivity contribution in [1.82, 2.24) is 14.5 Å². The number of carbonyl (C=O) groups excluding carboxylic acids is 1. The number of carboxylic acid groups (broad SMARTS) is 1. The highest BCUT2D eigenvalue weighted by Crippen LogP contribution is 2.25. The Morgan fingerprint density at radius 1 is 1.30 bits per heavy atom. The summed E-state index contributed by atoms with van der Waals surface area (Å²) in [4.78, 5) is 31.1. The fraction of sp³-hybridized carbons (Fsp3) is 0.316. The van der Waals surface area contributed by atoms with Crippen LogP contribution in [0.4, 0.5) is 13.2 Å². The molecule has 0 fully saturated rings. The van der Waals surface area contributed by atoms with Gasteiger partial charge in [0.1, 0.15) is 11.3 Å². The van der Waals surface area contributed by atoms with E-state index in [0.717, 1.165) is 0 Å². The maximum absolute atomic E-state index is 13.0. The summed E-state index contributed by atoms with van der Waals surface area (Å²) in [6.45, 7) is 0.117. The van der Waals surface area contributed by atoms with Gasteiger partial charge in [-0.1, -0.05) is 18.7 Å². The first-order valence-electron chi connectivity index (χ1n) is 8.89. The molecule has 0 amide bonds. The molecular formula is C19H17F3N3O4S-. The van der Waals surface area contributed by atoms with Crippen LogP contribution in [-0.4, -0.2) is 39.0 Å². The van der Waals surface area contributed by atoms with Crippen LogP contribution in [0.1, 0.15) is 13.3 Å². The van der Waals surface area contributed by atoms with Gasteiger partial charge in [0.05, 0.1) is 11.2 Å². The van der Waals surface area contributed by atoms with E-state index in [0.29, 0.717) is 28.5 Å². The van der Waals surface area contributed by atoms with Gasteiger partial charge in [0.2, 0.25) is 0 Å². The highest BCUT2D eigenvalue weighted by molar-refractivity contribution is 7.99. The summed E-state index contributed by atoms with van der Waals surface area (Å²) in [5.74, 6) is -1.42. The van der Waals surface area contributed by atoms with Crippen molar-refractivity contribution in [2.75, 3.05) is 12.4 Å². The summed E-state index contributed by atoms with van der Waals surface area (Å²) in [5, 5.41) is 11.2. The van der Waals surface area contributed by atoms with Gasteiger partial charge >= 0.3 is 6.18 Å². The SMILES string of the molecule is CC(CCSc1nc2cc[nH]c2c(=O)n1-c1ccc(OCC(F)(F)F)cc1)C(=O)[O-]. The summed E-state index contributed by atoms with van der Waals surface area (Å²) in [6.07, 6.45) is -2.56. The zero-order valence-corrected chi connectivity index (χ0v) is 16.5. The maximum Gasteiger partial charge on any atom is 0.422 e. The number of alkyl halides is 3. The van der Waals surface area contributed by atoms with Crippen LogP contribution in [0, 0.1) is 5.92 Å². The lowest BCUT2D eigenvalue weighted by molar-refractivity contribution is -0.311. The molecule has 1 N–H and O–H groups in total. The van der Waals surface area contributed by atoms with Crippen molar-refractivity contribution in [3.63, 3.8) is 0 Å². The Morgan fingerprint density at radius 2 is 2.00 bits per heavy atom.